The number of hydroxylamine groups is 1. The Morgan fingerprint density at radius 1 is 1.57 bits per heavy atom. The van der Waals surface area contributed by atoms with Crippen LogP contribution in [-0.2, 0) is 13.9 Å². The van der Waals surface area contributed by atoms with Gasteiger partial charge < -0.3 is 9.63 Å². The van der Waals surface area contributed by atoms with Gasteiger partial charge in [0.25, 0.3) is 0 Å². The van der Waals surface area contributed by atoms with Gasteiger partial charge in [-0.05, 0) is 12.8 Å². The van der Waals surface area contributed by atoms with Crippen molar-refractivity contribution in [2.45, 2.75) is 20.8 Å². The highest BCUT2D eigenvalue weighted by atomic mass is 31.2. The zero-order valence-corrected chi connectivity index (χ0v) is 9.41. The fraction of sp³-hybridized carbons (Fsp3) is 0.857. The predicted molar refractivity (Wildman–Crippen MR) is 50.8 cm³/mol. The standard InChI is InChI=1S/C7H16NO5P/c1-4-12-7(9)8-13-14(10,11)5-6(2)3/h6H,4-5H2,1-3H3,(H,8,9)(H,10,11). The van der Waals surface area contributed by atoms with Crippen molar-refractivity contribution < 1.29 is 23.6 Å². The zero-order valence-electron chi connectivity index (χ0n) is 8.52. The van der Waals surface area contributed by atoms with Gasteiger partial charge in [-0.2, -0.15) is 10.1 Å². The molecule has 0 saturated heterocycles. The number of hydrogen-bond donors (Lipinski definition) is 2. The second-order valence-electron chi connectivity index (χ2n) is 3.13. The number of amides is 1. The molecule has 0 spiro atoms. The van der Waals surface area contributed by atoms with Crippen molar-refractivity contribution in [3.8, 4) is 0 Å². The summed E-state index contributed by atoms with van der Waals surface area (Å²) in [5.41, 5.74) is 1.75. The van der Waals surface area contributed by atoms with Crippen LogP contribution in [0.15, 0.2) is 0 Å². The monoisotopic (exact) mass is 225 g/mol. The van der Waals surface area contributed by atoms with Gasteiger partial charge in [0.15, 0.2) is 0 Å². The quantitative estimate of drug-likeness (QED) is 0.547. The first kappa shape index (κ1) is 13.4. The molecule has 1 unspecified atom stereocenters. The Balaban J connectivity index is 3.87. The highest BCUT2D eigenvalue weighted by Gasteiger charge is 2.22. The van der Waals surface area contributed by atoms with Crippen molar-refractivity contribution >= 4 is 13.7 Å². The molecule has 0 aliphatic carbocycles. The lowest BCUT2D eigenvalue weighted by atomic mass is 10.3. The molecule has 14 heavy (non-hydrogen) atoms. The topological polar surface area (TPSA) is 84.9 Å². The molecule has 0 aromatic carbocycles. The summed E-state index contributed by atoms with van der Waals surface area (Å²) in [7, 11) is -3.74. The highest BCUT2D eigenvalue weighted by molar-refractivity contribution is 7.52. The van der Waals surface area contributed by atoms with Gasteiger partial charge in [0.05, 0.1) is 12.8 Å². The number of hydrogen-bond acceptors (Lipinski definition) is 4. The molecule has 2 N–H and O–H groups in total. The molecular weight excluding hydrogens is 209 g/mol. The van der Waals surface area contributed by atoms with E-state index in [0.29, 0.717) is 0 Å². The van der Waals surface area contributed by atoms with Crippen LogP contribution in [0.5, 0.6) is 0 Å². The molecule has 84 valence electrons. The summed E-state index contributed by atoms with van der Waals surface area (Å²) in [4.78, 5) is 19.8. The number of carbonyl (C=O) groups excluding carboxylic acids is 1. The predicted octanol–water partition coefficient (Wildman–Crippen LogP) is 1.51. The van der Waals surface area contributed by atoms with E-state index in [-0.39, 0.29) is 18.7 Å². The first-order valence-corrected chi connectivity index (χ1v) is 6.07. The van der Waals surface area contributed by atoms with Gasteiger partial charge in [-0.25, -0.2) is 4.79 Å². The number of rotatable bonds is 5. The van der Waals surface area contributed by atoms with Gasteiger partial charge in [-0.3, -0.25) is 4.57 Å². The average molecular weight is 225 g/mol. The summed E-state index contributed by atoms with van der Waals surface area (Å²) in [6.07, 6.45) is -0.884. The first-order chi connectivity index (χ1) is 6.37. The van der Waals surface area contributed by atoms with Crippen molar-refractivity contribution in [2.24, 2.45) is 5.92 Å². The SMILES string of the molecule is CCOC(=O)NOP(=O)(O)CC(C)C. The van der Waals surface area contributed by atoms with Gasteiger partial charge in [0.2, 0.25) is 0 Å². The average Bonchev–Trinajstić information content (AvgIpc) is 1.99. The Morgan fingerprint density at radius 2 is 2.14 bits per heavy atom. The van der Waals surface area contributed by atoms with Crippen LogP contribution in [-0.4, -0.2) is 23.8 Å². The maximum atomic E-state index is 11.2. The van der Waals surface area contributed by atoms with Crippen LogP contribution in [0.1, 0.15) is 20.8 Å². The van der Waals surface area contributed by atoms with Gasteiger partial charge in [-0.15, -0.1) is 0 Å². The van der Waals surface area contributed by atoms with E-state index >= 15 is 0 Å². The Bertz CT molecular complexity index is 230. The third-order valence-electron chi connectivity index (χ3n) is 1.14. The highest BCUT2D eigenvalue weighted by Crippen LogP contribution is 2.42. The second-order valence-corrected chi connectivity index (χ2v) is 4.95. The Kier molecular flexibility index (Phi) is 5.76. The van der Waals surface area contributed by atoms with Gasteiger partial charge in [0, 0.05) is 0 Å². The zero-order chi connectivity index (χ0) is 11.2. The molecule has 0 aromatic heterocycles. The Hall–Kier alpha value is -0.580. The molecule has 0 saturated carbocycles. The van der Waals surface area contributed by atoms with Crippen molar-refractivity contribution in [2.75, 3.05) is 12.8 Å². The third kappa shape index (κ3) is 6.88. The minimum Gasteiger partial charge on any atom is -0.448 e. The summed E-state index contributed by atoms with van der Waals surface area (Å²) >= 11 is 0. The van der Waals surface area contributed by atoms with E-state index in [1.165, 1.54) is 0 Å². The molecule has 0 radical (unpaired) electrons. The van der Waals surface area contributed by atoms with Crippen LogP contribution in [0.4, 0.5) is 4.79 Å². The van der Waals surface area contributed by atoms with Crippen molar-refractivity contribution in [3.63, 3.8) is 0 Å². The Labute approximate surface area is 83.1 Å². The molecule has 0 aromatic rings. The van der Waals surface area contributed by atoms with E-state index in [1.807, 2.05) is 0 Å². The summed E-state index contributed by atoms with van der Waals surface area (Å²) in [6, 6.07) is 0. The van der Waals surface area contributed by atoms with Crippen LogP contribution in [0.3, 0.4) is 0 Å². The van der Waals surface area contributed by atoms with E-state index < -0.39 is 13.7 Å². The molecule has 1 atom stereocenters. The molecule has 0 aliphatic rings. The molecule has 0 rings (SSSR count). The van der Waals surface area contributed by atoms with Gasteiger partial charge in [0.1, 0.15) is 0 Å². The molecule has 0 aliphatic heterocycles. The van der Waals surface area contributed by atoms with Crippen molar-refractivity contribution in [3.05, 3.63) is 0 Å². The normalized spacial score (nSPS) is 14.9. The minimum absolute atomic E-state index is 0.00910. The maximum Gasteiger partial charge on any atom is 0.431 e. The van der Waals surface area contributed by atoms with E-state index in [0.717, 1.165) is 0 Å². The summed E-state index contributed by atoms with van der Waals surface area (Å²) < 4.78 is 20.0. The fourth-order valence-corrected chi connectivity index (χ4v) is 1.98. The molecule has 0 heterocycles. The summed E-state index contributed by atoms with van der Waals surface area (Å²) in [5, 5.41) is 0. The fourth-order valence-electron chi connectivity index (χ4n) is 0.768. The van der Waals surface area contributed by atoms with Gasteiger partial charge >= 0.3 is 13.7 Å². The van der Waals surface area contributed by atoms with E-state index in [4.69, 9.17) is 4.89 Å². The molecule has 6 nitrogen and oxygen atoms in total. The van der Waals surface area contributed by atoms with E-state index in [1.54, 1.807) is 26.3 Å². The summed E-state index contributed by atoms with van der Waals surface area (Å²) in [6.45, 7) is 5.34. The number of nitrogens with one attached hydrogen (secondary N) is 1. The Morgan fingerprint density at radius 3 is 2.57 bits per heavy atom. The first-order valence-electron chi connectivity index (χ1n) is 4.30. The molecule has 1 amide bonds. The number of ether oxygens (including phenoxy) is 1. The van der Waals surface area contributed by atoms with Crippen LogP contribution >= 0.6 is 7.60 Å². The van der Waals surface area contributed by atoms with Crippen LogP contribution in [0, 0.1) is 5.92 Å². The van der Waals surface area contributed by atoms with Crippen LogP contribution in [0.2, 0.25) is 0 Å². The molecule has 0 bridgehead atoms. The third-order valence-corrected chi connectivity index (χ3v) is 2.71. The van der Waals surface area contributed by atoms with E-state index in [9.17, 15) is 9.36 Å². The smallest absolute Gasteiger partial charge is 0.431 e. The lowest BCUT2D eigenvalue weighted by Gasteiger charge is -2.13. The van der Waals surface area contributed by atoms with Gasteiger partial charge in [-0.1, -0.05) is 13.8 Å². The van der Waals surface area contributed by atoms with Crippen molar-refractivity contribution in [1.82, 2.24) is 5.48 Å². The number of carbonyl (C=O) groups is 1. The van der Waals surface area contributed by atoms with Crippen molar-refractivity contribution in [1.29, 1.82) is 0 Å². The molecule has 7 heteroatoms. The molecular formula is C7H16NO5P. The minimum atomic E-state index is -3.74. The molecule has 0 fully saturated rings. The van der Waals surface area contributed by atoms with E-state index in [2.05, 4.69) is 9.36 Å². The van der Waals surface area contributed by atoms with Crippen LogP contribution in [0.25, 0.3) is 0 Å². The summed E-state index contributed by atoms with van der Waals surface area (Å²) in [5.74, 6) is 0.00910. The van der Waals surface area contributed by atoms with Crippen LogP contribution < -0.4 is 5.48 Å². The lowest BCUT2D eigenvalue weighted by molar-refractivity contribution is 0.0966. The maximum absolute atomic E-state index is 11.2. The second kappa shape index (κ2) is 6.01. The lowest BCUT2D eigenvalue weighted by Crippen LogP contribution is -2.24. The largest absolute Gasteiger partial charge is 0.448 e.